The van der Waals surface area contributed by atoms with Gasteiger partial charge in [-0.05, 0) is 58.7 Å². The summed E-state index contributed by atoms with van der Waals surface area (Å²) < 4.78 is 83.1. The van der Waals surface area contributed by atoms with Crippen molar-refractivity contribution in [3.8, 4) is 46.5 Å². The van der Waals surface area contributed by atoms with E-state index >= 15 is 0 Å². The van der Waals surface area contributed by atoms with Gasteiger partial charge in [0.05, 0.1) is 11.1 Å². The molecule has 8 rings (SSSR count). The summed E-state index contributed by atoms with van der Waals surface area (Å²) in [6.07, 6.45) is -9.41. The molecular formula is C36H10F6N8O2. The van der Waals surface area contributed by atoms with Gasteiger partial charge in [0.15, 0.2) is 34.1 Å². The normalized spacial score (nSPS) is 12.1. The van der Waals surface area contributed by atoms with E-state index in [4.69, 9.17) is 0 Å². The molecule has 16 heteroatoms. The second-order valence-corrected chi connectivity index (χ2v) is 11.6. The zero-order valence-electron chi connectivity index (χ0n) is 25.4. The molecule has 0 amide bonds. The summed E-state index contributed by atoms with van der Waals surface area (Å²) in [4.78, 5) is 37.3. The Hall–Kier alpha value is -7.56. The molecule has 248 valence electrons. The van der Waals surface area contributed by atoms with E-state index in [1.807, 2.05) is 0 Å². The second kappa shape index (κ2) is 10.5. The monoisotopic (exact) mass is 700 g/mol. The van der Waals surface area contributed by atoms with Crippen molar-refractivity contribution in [2.75, 3.05) is 0 Å². The second-order valence-electron chi connectivity index (χ2n) is 11.6. The van der Waals surface area contributed by atoms with E-state index < -0.39 is 57.4 Å². The molecule has 0 saturated heterocycles. The van der Waals surface area contributed by atoms with Gasteiger partial charge in [-0.25, -0.2) is 18.8 Å². The molecule has 4 aromatic heterocycles. The van der Waals surface area contributed by atoms with E-state index in [1.165, 1.54) is 12.1 Å². The van der Waals surface area contributed by atoms with Crippen LogP contribution in [0.25, 0.3) is 65.9 Å². The van der Waals surface area contributed by atoms with Crippen molar-refractivity contribution in [3.63, 3.8) is 0 Å². The highest BCUT2D eigenvalue weighted by molar-refractivity contribution is 6.33. The Morgan fingerprint density at radius 2 is 0.865 bits per heavy atom. The lowest BCUT2D eigenvalue weighted by molar-refractivity contribution is -0.138. The van der Waals surface area contributed by atoms with Crippen LogP contribution in [-0.2, 0) is 12.4 Å². The summed E-state index contributed by atoms with van der Waals surface area (Å²) in [5.74, 6) is 0. The molecule has 0 bridgehead atoms. The van der Waals surface area contributed by atoms with Gasteiger partial charge in [0, 0.05) is 32.3 Å². The van der Waals surface area contributed by atoms with Gasteiger partial charge in [-0.1, -0.05) is 24.3 Å². The first-order valence-electron chi connectivity index (χ1n) is 14.7. The molecule has 0 aliphatic rings. The van der Waals surface area contributed by atoms with Crippen molar-refractivity contribution in [2.24, 2.45) is 0 Å². The third kappa shape index (κ3) is 4.16. The first-order valence-corrected chi connectivity index (χ1v) is 14.7. The van der Waals surface area contributed by atoms with Crippen LogP contribution in [0, 0.1) is 45.3 Å². The van der Waals surface area contributed by atoms with Crippen LogP contribution >= 0.6 is 0 Å². The Balaban J connectivity index is 1.69. The smallest absolute Gasteiger partial charge is 0.268 e. The third-order valence-electron chi connectivity index (χ3n) is 8.94. The molecule has 0 aliphatic heterocycles. The summed E-state index contributed by atoms with van der Waals surface area (Å²) in [7, 11) is 0. The van der Waals surface area contributed by atoms with Crippen molar-refractivity contribution in [1.82, 2.24) is 18.8 Å². The standard InChI is InChI=1S/C36H10F6N8O2/c37-35(38,39)17-5-1-15(2-6-17)19-9-21-28-27-22(34(52)49-25(13-45)23(11-43)47-31(49)29(19)27)10-20(16-3-7-18(8-4-16)36(40,41)42)30(28)32-48-24(12-44)26(14-46)50(32)33(21)51/h1-10H. The maximum Gasteiger partial charge on any atom is 0.416 e. The van der Waals surface area contributed by atoms with Crippen LogP contribution in [0.5, 0.6) is 0 Å². The first kappa shape index (κ1) is 31.7. The Morgan fingerprint density at radius 3 is 1.15 bits per heavy atom. The van der Waals surface area contributed by atoms with Crippen molar-refractivity contribution in [3.05, 3.63) is 115 Å². The van der Waals surface area contributed by atoms with Gasteiger partial charge in [0.25, 0.3) is 11.1 Å². The maximum absolute atomic E-state index is 14.4. The molecule has 10 nitrogen and oxygen atoms in total. The number of nitrogens with zero attached hydrogens (tertiary/aromatic N) is 8. The number of rotatable bonds is 2. The van der Waals surface area contributed by atoms with Crippen molar-refractivity contribution in [1.29, 1.82) is 21.0 Å². The Labute approximate surface area is 283 Å². The molecule has 0 atom stereocenters. The number of halogens is 6. The highest BCUT2D eigenvalue weighted by Crippen LogP contribution is 2.46. The van der Waals surface area contributed by atoms with Crippen LogP contribution in [0.1, 0.15) is 33.9 Å². The summed E-state index contributed by atoms with van der Waals surface area (Å²) >= 11 is 0. The van der Waals surface area contributed by atoms with Gasteiger partial charge >= 0.3 is 12.4 Å². The molecule has 52 heavy (non-hydrogen) atoms. The van der Waals surface area contributed by atoms with E-state index in [9.17, 15) is 57.0 Å². The number of hydrogen-bond acceptors (Lipinski definition) is 8. The predicted molar refractivity (Wildman–Crippen MR) is 171 cm³/mol. The number of hydrogen-bond donors (Lipinski definition) is 0. The lowest BCUT2D eigenvalue weighted by atomic mass is 9.86. The van der Waals surface area contributed by atoms with Gasteiger partial charge in [0.1, 0.15) is 24.3 Å². The highest BCUT2D eigenvalue weighted by Gasteiger charge is 2.33. The van der Waals surface area contributed by atoms with E-state index in [-0.39, 0.29) is 65.9 Å². The number of fused-ring (bicyclic) bond motifs is 4. The average molecular weight is 701 g/mol. The van der Waals surface area contributed by atoms with Crippen LogP contribution in [0.4, 0.5) is 26.3 Å². The molecule has 0 aliphatic carbocycles. The molecule has 0 spiro atoms. The molecule has 4 heterocycles. The van der Waals surface area contributed by atoms with Gasteiger partial charge in [-0.15, -0.1) is 0 Å². The zero-order valence-corrected chi connectivity index (χ0v) is 25.4. The van der Waals surface area contributed by atoms with E-state index in [2.05, 4.69) is 9.97 Å². The lowest BCUT2D eigenvalue weighted by Crippen LogP contribution is -2.19. The lowest BCUT2D eigenvalue weighted by Gasteiger charge is -2.19. The number of benzene rings is 4. The average Bonchev–Trinajstić information content (AvgIpc) is 3.70. The first-order chi connectivity index (χ1) is 24.7. The Bertz CT molecular complexity index is 2960. The Morgan fingerprint density at radius 1 is 0.519 bits per heavy atom. The minimum absolute atomic E-state index is 0.00848. The van der Waals surface area contributed by atoms with Crippen LogP contribution in [0.2, 0.25) is 0 Å². The molecule has 4 aromatic carbocycles. The van der Waals surface area contributed by atoms with Crippen molar-refractivity contribution >= 4 is 43.6 Å². The summed E-state index contributed by atoms with van der Waals surface area (Å²) in [6.45, 7) is 0. The van der Waals surface area contributed by atoms with Crippen LogP contribution in [0.3, 0.4) is 0 Å². The van der Waals surface area contributed by atoms with Crippen LogP contribution in [0.15, 0.2) is 70.3 Å². The number of nitriles is 4. The predicted octanol–water partition coefficient (Wildman–Crippen LogP) is 6.90. The fourth-order valence-corrected chi connectivity index (χ4v) is 6.74. The van der Waals surface area contributed by atoms with E-state index in [0.29, 0.717) is 0 Å². The number of aromatic nitrogens is 4. The largest absolute Gasteiger partial charge is 0.416 e. The van der Waals surface area contributed by atoms with E-state index in [0.717, 1.165) is 57.3 Å². The topological polar surface area (TPSA) is 164 Å². The van der Waals surface area contributed by atoms with Crippen LogP contribution < -0.4 is 11.1 Å². The summed E-state index contributed by atoms with van der Waals surface area (Å²) in [5.41, 5.74) is -5.78. The van der Waals surface area contributed by atoms with Crippen LogP contribution in [-0.4, -0.2) is 18.8 Å². The highest BCUT2D eigenvalue weighted by atomic mass is 19.4. The fraction of sp³-hybridized carbons (Fsp3) is 0.0556. The third-order valence-corrected chi connectivity index (χ3v) is 8.94. The summed E-state index contributed by atoms with van der Waals surface area (Å²) in [6, 6.07) is 17.3. The van der Waals surface area contributed by atoms with Gasteiger partial charge < -0.3 is 0 Å². The van der Waals surface area contributed by atoms with Gasteiger partial charge in [-0.2, -0.15) is 47.4 Å². The molecular weight excluding hydrogens is 690 g/mol. The molecule has 0 saturated carbocycles. The zero-order chi connectivity index (χ0) is 37.0. The fourth-order valence-electron chi connectivity index (χ4n) is 6.74. The quantitative estimate of drug-likeness (QED) is 0.139. The van der Waals surface area contributed by atoms with Crippen molar-refractivity contribution in [2.45, 2.75) is 12.4 Å². The van der Waals surface area contributed by atoms with Gasteiger partial charge in [0.2, 0.25) is 0 Å². The van der Waals surface area contributed by atoms with Crippen molar-refractivity contribution < 1.29 is 26.3 Å². The number of imidazole rings is 2. The van der Waals surface area contributed by atoms with Gasteiger partial charge in [-0.3, -0.25) is 9.59 Å². The minimum Gasteiger partial charge on any atom is -0.268 e. The summed E-state index contributed by atoms with van der Waals surface area (Å²) in [5, 5.41) is 39.4. The Kier molecular flexibility index (Phi) is 6.38. The SMILES string of the molecule is N#Cc1nc2c3c(-c4ccc(C(F)(F)F)cc4)cc4c(=O)n5c(C#N)c(C#N)nc5c5c(-c6ccc(C(F)(F)F)cc6)cc(c(=O)n2c1C#N)c3c45. The molecule has 0 unspecified atom stereocenters. The maximum atomic E-state index is 14.4. The molecule has 0 radical (unpaired) electrons. The molecule has 0 fully saturated rings. The molecule has 0 N–H and O–H groups in total. The number of pyridine rings is 2. The van der Waals surface area contributed by atoms with E-state index in [1.54, 1.807) is 24.3 Å². The number of alkyl halides is 6. The molecule has 8 aromatic rings. The minimum atomic E-state index is -4.70.